The second kappa shape index (κ2) is 7.66. The summed E-state index contributed by atoms with van der Waals surface area (Å²) in [5, 5.41) is 5.94. The van der Waals surface area contributed by atoms with Crippen molar-refractivity contribution in [1.29, 1.82) is 0 Å². The van der Waals surface area contributed by atoms with E-state index in [-0.39, 0.29) is 0 Å². The zero-order valence-corrected chi connectivity index (χ0v) is 16.3. The van der Waals surface area contributed by atoms with Crippen molar-refractivity contribution in [2.75, 3.05) is 18.4 Å². The van der Waals surface area contributed by atoms with Gasteiger partial charge in [-0.15, -0.1) is 0 Å². The third kappa shape index (κ3) is 6.45. The van der Waals surface area contributed by atoms with Crippen molar-refractivity contribution in [3.8, 4) is 0 Å². The van der Waals surface area contributed by atoms with Crippen LogP contribution in [0, 0.1) is 0 Å². The van der Waals surface area contributed by atoms with E-state index in [0.717, 1.165) is 19.1 Å². The minimum atomic E-state index is -0.477. The van der Waals surface area contributed by atoms with E-state index in [1.165, 1.54) is 0 Å². The SMILES string of the molecule is CC(C)(C)OC(=O)NCCNc1c(Br)cc(Br)cc1Br. The van der Waals surface area contributed by atoms with Gasteiger partial charge in [-0.2, -0.15) is 0 Å². The Hall–Kier alpha value is -0.270. The Bertz CT molecular complexity index is 464. The minimum absolute atomic E-state index is 0.409. The van der Waals surface area contributed by atoms with Crippen LogP contribution >= 0.6 is 47.8 Å². The fourth-order valence-electron chi connectivity index (χ4n) is 1.38. The van der Waals surface area contributed by atoms with E-state index in [1.807, 2.05) is 32.9 Å². The third-order valence-corrected chi connectivity index (χ3v) is 3.81. The summed E-state index contributed by atoms with van der Waals surface area (Å²) in [6.45, 7) is 6.57. The molecule has 4 nitrogen and oxygen atoms in total. The van der Waals surface area contributed by atoms with Gasteiger partial charge in [0.25, 0.3) is 0 Å². The van der Waals surface area contributed by atoms with Crippen LogP contribution in [-0.2, 0) is 4.74 Å². The van der Waals surface area contributed by atoms with Gasteiger partial charge in [-0.05, 0) is 64.8 Å². The summed E-state index contributed by atoms with van der Waals surface area (Å²) in [4.78, 5) is 11.5. The third-order valence-electron chi connectivity index (χ3n) is 2.10. The summed E-state index contributed by atoms with van der Waals surface area (Å²) < 4.78 is 8.01. The molecular weight excluding hydrogens is 456 g/mol. The highest BCUT2D eigenvalue weighted by atomic mass is 79.9. The van der Waals surface area contributed by atoms with Crippen LogP contribution in [0.1, 0.15) is 20.8 Å². The molecule has 0 aliphatic carbocycles. The van der Waals surface area contributed by atoms with Gasteiger partial charge < -0.3 is 15.4 Å². The zero-order chi connectivity index (χ0) is 15.3. The van der Waals surface area contributed by atoms with E-state index >= 15 is 0 Å². The van der Waals surface area contributed by atoms with Crippen molar-refractivity contribution in [2.24, 2.45) is 0 Å². The maximum atomic E-state index is 11.5. The molecule has 0 bridgehead atoms. The van der Waals surface area contributed by atoms with Crippen LogP contribution in [0.25, 0.3) is 0 Å². The molecular formula is C13H17Br3N2O2. The van der Waals surface area contributed by atoms with Crippen molar-refractivity contribution in [2.45, 2.75) is 26.4 Å². The molecule has 0 saturated heterocycles. The Morgan fingerprint density at radius 3 is 2.20 bits per heavy atom. The maximum absolute atomic E-state index is 11.5. The minimum Gasteiger partial charge on any atom is -0.444 e. The maximum Gasteiger partial charge on any atom is 0.407 e. The molecule has 0 heterocycles. The molecule has 0 aliphatic heterocycles. The number of carbonyl (C=O) groups is 1. The Kier molecular flexibility index (Phi) is 6.81. The molecule has 0 aromatic heterocycles. The first-order valence-electron chi connectivity index (χ1n) is 6.04. The lowest BCUT2D eigenvalue weighted by Gasteiger charge is -2.20. The van der Waals surface area contributed by atoms with Gasteiger partial charge in [0.15, 0.2) is 0 Å². The number of benzene rings is 1. The van der Waals surface area contributed by atoms with Gasteiger partial charge in [0.1, 0.15) is 5.60 Å². The number of anilines is 1. The molecule has 1 rings (SSSR count). The van der Waals surface area contributed by atoms with E-state index in [1.54, 1.807) is 0 Å². The van der Waals surface area contributed by atoms with E-state index in [4.69, 9.17) is 4.74 Å². The smallest absolute Gasteiger partial charge is 0.407 e. The first-order valence-corrected chi connectivity index (χ1v) is 8.42. The summed E-state index contributed by atoms with van der Waals surface area (Å²) in [7, 11) is 0. The highest BCUT2D eigenvalue weighted by Crippen LogP contribution is 2.34. The lowest BCUT2D eigenvalue weighted by atomic mass is 10.2. The average molecular weight is 473 g/mol. The quantitative estimate of drug-likeness (QED) is 0.612. The summed E-state index contributed by atoms with van der Waals surface area (Å²) >= 11 is 10.4. The molecule has 1 aromatic rings. The van der Waals surface area contributed by atoms with Gasteiger partial charge in [0.2, 0.25) is 0 Å². The Labute approximate surface area is 144 Å². The van der Waals surface area contributed by atoms with Crippen molar-refractivity contribution in [1.82, 2.24) is 5.32 Å². The first kappa shape index (κ1) is 17.8. The molecule has 0 atom stereocenters. The molecule has 1 amide bonds. The summed E-state index contributed by atoms with van der Waals surface area (Å²) in [6, 6.07) is 3.91. The van der Waals surface area contributed by atoms with Gasteiger partial charge in [0.05, 0.1) is 5.69 Å². The summed E-state index contributed by atoms with van der Waals surface area (Å²) in [5.41, 5.74) is 0.467. The van der Waals surface area contributed by atoms with Crippen molar-refractivity contribution < 1.29 is 9.53 Å². The predicted molar refractivity (Wildman–Crippen MR) is 92.3 cm³/mol. The summed E-state index contributed by atoms with van der Waals surface area (Å²) in [5.74, 6) is 0. The number of hydrogen-bond donors (Lipinski definition) is 2. The highest BCUT2D eigenvalue weighted by molar-refractivity contribution is 9.11. The number of rotatable bonds is 4. The van der Waals surface area contributed by atoms with Crippen LogP contribution < -0.4 is 10.6 Å². The predicted octanol–water partition coefficient (Wildman–Crippen LogP) is 4.91. The molecule has 0 radical (unpaired) electrons. The van der Waals surface area contributed by atoms with E-state index in [9.17, 15) is 4.79 Å². The van der Waals surface area contributed by atoms with Gasteiger partial charge in [0, 0.05) is 26.5 Å². The Balaban J connectivity index is 2.41. The summed E-state index contributed by atoms with van der Waals surface area (Å²) in [6.07, 6.45) is -0.409. The Morgan fingerprint density at radius 2 is 1.70 bits per heavy atom. The molecule has 0 aliphatic rings. The number of alkyl carbamates (subject to hydrolysis) is 1. The molecule has 1 aromatic carbocycles. The second-order valence-corrected chi connectivity index (χ2v) is 7.72. The van der Waals surface area contributed by atoms with Crippen molar-refractivity contribution in [3.05, 3.63) is 25.6 Å². The number of carbonyl (C=O) groups excluding carboxylic acids is 1. The normalized spacial score (nSPS) is 11.1. The number of hydrogen-bond acceptors (Lipinski definition) is 3. The average Bonchev–Trinajstić information content (AvgIpc) is 2.23. The fourth-order valence-corrected chi connectivity index (χ4v) is 3.92. The number of ether oxygens (including phenoxy) is 1. The number of halogens is 3. The van der Waals surface area contributed by atoms with Crippen LogP contribution in [0.4, 0.5) is 10.5 Å². The van der Waals surface area contributed by atoms with E-state index in [0.29, 0.717) is 13.1 Å². The molecule has 0 spiro atoms. The van der Waals surface area contributed by atoms with Crippen LogP contribution in [0.5, 0.6) is 0 Å². The van der Waals surface area contributed by atoms with Crippen molar-refractivity contribution >= 4 is 59.6 Å². The largest absolute Gasteiger partial charge is 0.444 e. The lowest BCUT2D eigenvalue weighted by Crippen LogP contribution is -2.35. The number of nitrogens with one attached hydrogen (secondary N) is 2. The second-order valence-electron chi connectivity index (χ2n) is 5.10. The van der Waals surface area contributed by atoms with Crippen LogP contribution in [0.2, 0.25) is 0 Å². The first-order chi connectivity index (χ1) is 9.19. The molecule has 7 heteroatoms. The van der Waals surface area contributed by atoms with Gasteiger partial charge in [-0.3, -0.25) is 0 Å². The molecule has 112 valence electrons. The highest BCUT2D eigenvalue weighted by Gasteiger charge is 2.15. The molecule has 0 fully saturated rings. The molecule has 0 saturated carbocycles. The fraction of sp³-hybridized carbons (Fsp3) is 0.462. The van der Waals surface area contributed by atoms with E-state index < -0.39 is 11.7 Å². The molecule has 20 heavy (non-hydrogen) atoms. The molecule has 2 N–H and O–H groups in total. The monoisotopic (exact) mass is 470 g/mol. The van der Waals surface area contributed by atoms with Crippen LogP contribution in [-0.4, -0.2) is 24.8 Å². The lowest BCUT2D eigenvalue weighted by molar-refractivity contribution is 0.0530. The van der Waals surface area contributed by atoms with Crippen LogP contribution in [0.3, 0.4) is 0 Å². The Morgan fingerprint density at radius 1 is 1.15 bits per heavy atom. The van der Waals surface area contributed by atoms with Gasteiger partial charge >= 0.3 is 6.09 Å². The number of amides is 1. The van der Waals surface area contributed by atoms with Crippen molar-refractivity contribution in [3.63, 3.8) is 0 Å². The van der Waals surface area contributed by atoms with E-state index in [2.05, 4.69) is 58.4 Å². The van der Waals surface area contributed by atoms with Gasteiger partial charge in [-0.25, -0.2) is 4.79 Å². The van der Waals surface area contributed by atoms with Crippen LogP contribution in [0.15, 0.2) is 25.6 Å². The molecule has 0 unspecified atom stereocenters. The topological polar surface area (TPSA) is 50.4 Å². The standard InChI is InChI=1S/C13H17Br3N2O2/c1-13(2,3)20-12(19)18-5-4-17-11-9(15)6-8(14)7-10(11)16/h6-7,17H,4-5H2,1-3H3,(H,18,19). The van der Waals surface area contributed by atoms with Gasteiger partial charge in [-0.1, -0.05) is 15.9 Å². The zero-order valence-electron chi connectivity index (χ0n) is 11.5.